The number of hydrogen-bond donors (Lipinski definition) is 0. The second-order valence-corrected chi connectivity index (χ2v) is 7.78. The fourth-order valence-corrected chi connectivity index (χ4v) is 2.95. The second kappa shape index (κ2) is 6.03. The lowest BCUT2D eigenvalue weighted by molar-refractivity contribution is -0.170. The summed E-state index contributed by atoms with van der Waals surface area (Å²) in [5.41, 5.74) is -0.751. The van der Waals surface area contributed by atoms with Crippen molar-refractivity contribution in [3.63, 3.8) is 0 Å². The summed E-state index contributed by atoms with van der Waals surface area (Å²) >= 11 is 3.39. The molecule has 1 saturated heterocycles. The van der Waals surface area contributed by atoms with Crippen molar-refractivity contribution in [2.24, 2.45) is 5.41 Å². The fraction of sp³-hybridized carbons (Fsp3) is 0.529. The van der Waals surface area contributed by atoms with Crippen LogP contribution in [0, 0.1) is 5.41 Å². The van der Waals surface area contributed by atoms with Crippen LogP contribution in [0.3, 0.4) is 0 Å². The molecule has 1 aliphatic heterocycles. The summed E-state index contributed by atoms with van der Waals surface area (Å²) in [5.74, 6) is -0.568. The number of esters is 1. The van der Waals surface area contributed by atoms with E-state index < -0.39 is 17.0 Å². The molecule has 120 valence electrons. The molecule has 2 rings (SSSR count). The molecule has 0 aromatic heterocycles. The van der Waals surface area contributed by atoms with Gasteiger partial charge in [-0.05, 0) is 51.3 Å². The highest BCUT2D eigenvalue weighted by atomic mass is 79.9. The van der Waals surface area contributed by atoms with Crippen molar-refractivity contribution >= 4 is 27.8 Å². The lowest BCUT2D eigenvalue weighted by Gasteiger charge is -2.29. The molecule has 4 nitrogen and oxygen atoms in total. The highest BCUT2D eigenvalue weighted by molar-refractivity contribution is 9.10. The number of rotatable bonds is 3. The minimum atomic E-state index is -1.10. The highest BCUT2D eigenvalue weighted by Gasteiger charge is 2.53. The van der Waals surface area contributed by atoms with Gasteiger partial charge in [-0.15, -0.1) is 0 Å². The van der Waals surface area contributed by atoms with E-state index in [9.17, 15) is 9.59 Å². The van der Waals surface area contributed by atoms with Crippen LogP contribution in [0.25, 0.3) is 0 Å². The Hall–Kier alpha value is -1.36. The summed E-state index contributed by atoms with van der Waals surface area (Å²) in [6.45, 7) is 6.04. The molecule has 0 unspecified atom stereocenters. The van der Waals surface area contributed by atoms with E-state index in [0.29, 0.717) is 19.4 Å². The molecular formula is C17H22BrNO3. The Bertz CT molecular complexity index is 577. The summed E-state index contributed by atoms with van der Waals surface area (Å²) in [6, 6.07) is 7.70. The van der Waals surface area contributed by atoms with Gasteiger partial charge in [0.15, 0.2) is 5.41 Å². The van der Waals surface area contributed by atoms with E-state index in [1.54, 1.807) is 11.9 Å². The highest BCUT2D eigenvalue weighted by Crippen LogP contribution is 2.37. The van der Waals surface area contributed by atoms with Crippen LogP contribution in [0.2, 0.25) is 0 Å². The summed E-state index contributed by atoms with van der Waals surface area (Å²) in [6.07, 6.45) is 0.867. The first-order valence-electron chi connectivity index (χ1n) is 7.37. The Morgan fingerprint density at radius 1 is 1.32 bits per heavy atom. The smallest absolute Gasteiger partial charge is 0.322 e. The van der Waals surface area contributed by atoms with E-state index >= 15 is 0 Å². The van der Waals surface area contributed by atoms with Crippen LogP contribution in [0.1, 0.15) is 32.8 Å². The molecular weight excluding hydrogens is 346 g/mol. The van der Waals surface area contributed by atoms with Gasteiger partial charge in [0.25, 0.3) is 0 Å². The molecule has 0 bridgehead atoms. The van der Waals surface area contributed by atoms with E-state index in [0.717, 1.165) is 10.0 Å². The molecule has 5 heteroatoms. The zero-order valence-corrected chi connectivity index (χ0v) is 15.1. The third-order valence-corrected chi connectivity index (χ3v) is 4.37. The van der Waals surface area contributed by atoms with Crippen molar-refractivity contribution in [2.75, 3.05) is 13.6 Å². The Morgan fingerprint density at radius 3 is 2.36 bits per heavy atom. The molecule has 1 fully saturated rings. The molecule has 1 aliphatic rings. The number of amides is 1. The molecule has 0 aliphatic carbocycles. The number of nitrogens with zero attached hydrogens (tertiary/aromatic N) is 1. The van der Waals surface area contributed by atoms with Gasteiger partial charge in [-0.2, -0.15) is 0 Å². The molecule has 22 heavy (non-hydrogen) atoms. The maximum Gasteiger partial charge on any atom is 0.322 e. The van der Waals surface area contributed by atoms with Crippen molar-refractivity contribution in [2.45, 2.75) is 39.2 Å². The zero-order chi connectivity index (χ0) is 16.5. The predicted octanol–water partition coefficient (Wildman–Crippen LogP) is 3.18. The average molecular weight is 368 g/mol. The van der Waals surface area contributed by atoms with Crippen LogP contribution in [0.15, 0.2) is 28.7 Å². The van der Waals surface area contributed by atoms with Crippen molar-refractivity contribution in [3.05, 3.63) is 34.3 Å². The first-order chi connectivity index (χ1) is 10.1. The molecule has 0 radical (unpaired) electrons. The second-order valence-electron chi connectivity index (χ2n) is 6.86. The Labute approximate surface area is 140 Å². The monoisotopic (exact) mass is 367 g/mol. The Kier molecular flexibility index (Phi) is 4.66. The van der Waals surface area contributed by atoms with Crippen molar-refractivity contribution in [1.82, 2.24) is 4.90 Å². The summed E-state index contributed by atoms with van der Waals surface area (Å²) in [4.78, 5) is 27.0. The first kappa shape index (κ1) is 17.0. The van der Waals surface area contributed by atoms with Crippen molar-refractivity contribution in [1.29, 1.82) is 0 Å². The van der Waals surface area contributed by atoms with Gasteiger partial charge in [-0.1, -0.05) is 28.1 Å². The SMILES string of the molecule is CN1CC[C@@](Cc2ccc(Br)cc2)(C(=O)OC(C)(C)C)C1=O. The lowest BCUT2D eigenvalue weighted by atomic mass is 9.80. The number of carbonyl (C=O) groups is 2. The van der Waals surface area contributed by atoms with Gasteiger partial charge in [-0.25, -0.2) is 0 Å². The maximum absolute atomic E-state index is 12.7. The molecule has 1 atom stereocenters. The van der Waals surface area contributed by atoms with E-state index in [-0.39, 0.29) is 5.91 Å². The normalized spacial score (nSPS) is 22.0. The van der Waals surface area contributed by atoms with Crippen LogP contribution in [-0.4, -0.2) is 36.0 Å². The number of halogens is 1. The van der Waals surface area contributed by atoms with Gasteiger partial charge < -0.3 is 9.64 Å². The van der Waals surface area contributed by atoms with E-state index in [2.05, 4.69) is 15.9 Å². The quantitative estimate of drug-likeness (QED) is 0.608. The maximum atomic E-state index is 12.7. The third kappa shape index (κ3) is 3.51. The number of ether oxygens (including phenoxy) is 1. The Morgan fingerprint density at radius 2 is 1.91 bits per heavy atom. The molecule has 1 aromatic rings. The number of likely N-dealkylation sites (tertiary alicyclic amines) is 1. The van der Waals surface area contributed by atoms with E-state index in [4.69, 9.17) is 4.74 Å². The first-order valence-corrected chi connectivity index (χ1v) is 8.17. The molecule has 0 N–H and O–H groups in total. The number of carbonyl (C=O) groups excluding carboxylic acids is 2. The summed E-state index contributed by atoms with van der Waals surface area (Å²) in [7, 11) is 1.73. The van der Waals surface area contributed by atoms with Gasteiger partial charge in [0.2, 0.25) is 5.91 Å². The van der Waals surface area contributed by atoms with E-state index in [1.165, 1.54) is 0 Å². The van der Waals surface area contributed by atoms with Crippen molar-refractivity contribution in [3.8, 4) is 0 Å². The van der Waals surface area contributed by atoms with Crippen LogP contribution >= 0.6 is 15.9 Å². The molecule has 1 heterocycles. The van der Waals surface area contributed by atoms with Gasteiger partial charge in [-0.3, -0.25) is 9.59 Å². The minimum absolute atomic E-state index is 0.148. The molecule has 0 spiro atoms. The molecule has 0 saturated carbocycles. The van der Waals surface area contributed by atoms with Gasteiger partial charge in [0, 0.05) is 18.1 Å². The number of hydrogen-bond acceptors (Lipinski definition) is 3. The minimum Gasteiger partial charge on any atom is -0.459 e. The van der Waals surface area contributed by atoms with Crippen LogP contribution in [0.5, 0.6) is 0 Å². The van der Waals surface area contributed by atoms with Gasteiger partial charge in [0.05, 0.1) is 0 Å². The predicted molar refractivity (Wildman–Crippen MR) is 88.4 cm³/mol. The summed E-state index contributed by atoms with van der Waals surface area (Å²) < 4.78 is 6.51. The number of benzene rings is 1. The van der Waals surface area contributed by atoms with Crippen LogP contribution in [-0.2, 0) is 20.7 Å². The average Bonchev–Trinajstić information content (AvgIpc) is 2.69. The fourth-order valence-electron chi connectivity index (χ4n) is 2.68. The molecule has 1 amide bonds. The lowest BCUT2D eigenvalue weighted by Crippen LogP contribution is -2.45. The van der Waals surface area contributed by atoms with Crippen LogP contribution in [0.4, 0.5) is 0 Å². The van der Waals surface area contributed by atoms with Gasteiger partial charge in [0.1, 0.15) is 5.60 Å². The zero-order valence-electron chi connectivity index (χ0n) is 13.5. The topological polar surface area (TPSA) is 46.6 Å². The van der Waals surface area contributed by atoms with Crippen molar-refractivity contribution < 1.29 is 14.3 Å². The van der Waals surface area contributed by atoms with Crippen LogP contribution < -0.4 is 0 Å². The Balaban J connectivity index is 2.32. The summed E-state index contributed by atoms with van der Waals surface area (Å²) in [5, 5.41) is 0. The standard InChI is InChI=1S/C17H22BrNO3/c1-16(2,3)22-15(21)17(9-10-19(4)14(17)20)11-12-5-7-13(18)8-6-12/h5-8H,9-11H2,1-4H3/t17-/m0/s1. The van der Waals surface area contributed by atoms with Gasteiger partial charge >= 0.3 is 5.97 Å². The third-order valence-electron chi connectivity index (χ3n) is 3.84. The molecule has 1 aromatic carbocycles. The largest absolute Gasteiger partial charge is 0.459 e. The van der Waals surface area contributed by atoms with E-state index in [1.807, 2.05) is 45.0 Å².